The van der Waals surface area contributed by atoms with Gasteiger partial charge in [-0.25, -0.2) is 0 Å². The lowest BCUT2D eigenvalue weighted by Gasteiger charge is -2.31. The summed E-state index contributed by atoms with van der Waals surface area (Å²) in [6, 6.07) is 5.53. The Bertz CT molecular complexity index is 737. The van der Waals surface area contributed by atoms with E-state index >= 15 is 0 Å². The lowest BCUT2D eigenvalue weighted by Crippen LogP contribution is -2.46. The first-order valence-corrected chi connectivity index (χ1v) is 9.11. The summed E-state index contributed by atoms with van der Waals surface area (Å²) in [4.78, 5) is 26.5. The summed E-state index contributed by atoms with van der Waals surface area (Å²) in [7, 11) is 0. The summed E-state index contributed by atoms with van der Waals surface area (Å²) in [5.41, 5.74) is 7.57. The zero-order valence-corrected chi connectivity index (χ0v) is 15.9. The van der Waals surface area contributed by atoms with Gasteiger partial charge in [0.05, 0.1) is 29.5 Å². The van der Waals surface area contributed by atoms with Gasteiger partial charge in [0.25, 0.3) is 0 Å². The number of nitrogens with one attached hydrogen (secondary N) is 2. The number of nitrogens with zero attached hydrogens (tertiary/aromatic N) is 3. The minimum Gasteiger partial charge on any atom is -0.355 e. The summed E-state index contributed by atoms with van der Waals surface area (Å²) in [6.07, 6.45) is 1.75. The predicted octanol–water partition coefficient (Wildman–Crippen LogP) is 1.56. The van der Waals surface area contributed by atoms with Crippen LogP contribution in [0.2, 0.25) is 0 Å². The molecule has 1 unspecified atom stereocenters. The van der Waals surface area contributed by atoms with E-state index in [1.807, 2.05) is 23.1 Å². The van der Waals surface area contributed by atoms with Crippen molar-refractivity contribution in [2.45, 2.75) is 12.8 Å². The van der Waals surface area contributed by atoms with Crippen LogP contribution in [0.5, 0.6) is 0 Å². The molecular formula is C16H23ClN6O2S. The number of hydrogen-bond donors (Lipinski definition) is 3. The third kappa shape index (κ3) is 5.10. The smallest absolute Gasteiger partial charge is 0.238 e. The fourth-order valence-corrected chi connectivity index (χ4v) is 3.60. The first-order chi connectivity index (χ1) is 12.2. The van der Waals surface area contributed by atoms with Crippen LogP contribution in [0.1, 0.15) is 12.8 Å². The summed E-state index contributed by atoms with van der Waals surface area (Å²) in [6.45, 7) is 2.58. The Morgan fingerprint density at radius 3 is 3.00 bits per heavy atom. The van der Waals surface area contributed by atoms with Gasteiger partial charge < -0.3 is 16.4 Å². The highest BCUT2D eigenvalue weighted by Gasteiger charge is 2.26. The van der Waals surface area contributed by atoms with Crippen LogP contribution in [-0.4, -0.2) is 49.4 Å². The van der Waals surface area contributed by atoms with Crippen molar-refractivity contribution in [3.05, 3.63) is 18.2 Å². The molecule has 26 heavy (non-hydrogen) atoms. The third-order valence-electron chi connectivity index (χ3n) is 4.25. The van der Waals surface area contributed by atoms with Crippen LogP contribution in [0.4, 0.5) is 17.1 Å². The number of piperidine rings is 1. The number of likely N-dealkylation sites (tertiary alicyclic amines) is 1. The van der Waals surface area contributed by atoms with Crippen LogP contribution >= 0.6 is 12.4 Å². The third-order valence-corrected chi connectivity index (χ3v) is 4.79. The molecule has 2 aliphatic rings. The van der Waals surface area contributed by atoms with E-state index in [1.165, 1.54) is 0 Å². The average Bonchev–Trinajstić information content (AvgIpc) is 3.09. The molecule has 1 fully saturated rings. The molecule has 0 bridgehead atoms. The Balaban J connectivity index is 0.00000243. The molecule has 0 spiro atoms. The van der Waals surface area contributed by atoms with Crippen molar-refractivity contribution >= 4 is 52.6 Å². The van der Waals surface area contributed by atoms with Crippen molar-refractivity contribution < 1.29 is 9.59 Å². The van der Waals surface area contributed by atoms with E-state index in [9.17, 15) is 9.59 Å². The molecule has 2 aliphatic heterocycles. The number of anilines is 1. The number of halogens is 1. The van der Waals surface area contributed by atoms with E-state index in [0.717, 1.165) is 36.4 Å². The van der Waals surface area contributed by atoms with E-state index in [4.69, 9.17) is 5.73 Å². The zero-order chi connectivity index (χ0) is 17.6. The molecule has 0 aliphatic carbocycles. The summed E-state index contributed by atoms with van der Waals surface area (Å²) >= 11 is 1.12. The monoisotopic (exact) mass is 398 g/mol. The Labute approximate surface area is 162 Å². The highest BCUT2D eigenvalue weighted by molar-refractivity contribution is 7.58. The van der Waals surface area contributed by atoms with Crippen molar-refractivity contribution in [3.8, 4) is 0 Å². The van der Waals surface area contributed by atoms with Crippen molar-refractivity contribution in [1.82, 2.24) is 10.2 Å². The molecule has 3 rings (SSSR count). The first kappa shape index (κ1) is 20.5. The van der Waals surface area contributed by atoms with Crippen molar-refractivity contribution in [2.24, 2.45) is 20.4 Å². The lowest BCUT2D eigenvalue weighted by molar-refractivity contribution is -0.127. The molecule has 0 radical (unpaired) electrons. The molecule has 1 aromatic carbocycles. The van der Waals surface area contributed by atoms with Gasteiger partial charge in [-0.2, -0.15) is 8.73 Å². The predicted molar refractivity (Wildman–Crippen MR) is 105 cm³/mol. The normalized spacial score (nSPS) is 18.4. The van der Waals surface area contributed by atoms with Gasteiger partial charge in [-0.15, -0.1) is 12.4 Å². The van der Waals surface area contributed by atoms with E-state index in [2.05, 4.69) is 19.4 Å². The van der Waals surface area contributed by atoms with Crippen LogP contribution in [0.15, 0.2) is 26.9 Å². The van der Waals surface area contributed by atoms with Crippen LogP contribution in [0.3, 0.4) is 0 Å². The zero-order valence-electron chi connectivity index (χ0n) is 14.3. The molecule has 2 amide bonds. The number of amides is 2. The molecule has 4 N–H and O–H groups in total. The average molecular weight is 399 g/mol. The number of nitrogens with two attached hydrogens (primary N) is 1. The number of rotatable bonds is 6. The maximum atomic E-state index is 12.4. The molecule has 0 saturated carbocycles. The Kier molecular flexibility index (Phi) is 7.70. The molecule has 1 saturated heterocycles. The second-order valence-corrected chi connectivity index (χ2v) is 6.67. The summed E-state index contributed by atoms with van der Waals surface area (Å²) in [5, 5.41) is 5.73. The Morgan fingerprint density at radius 2 is 2.19 bits per heavy atom. The Morgan fingerprint density at radius 1 is 1.35 bits per heavy atom. The lowest BCUT2D eigenvalue weighted by atomic mass is 9.97. The van der Waals surface area contributed by atoms with Gasteiger partial charge in [-0.1, -0.05) is 6.07 Å². The molecule has 0 aromatic heterocycles. The van der Waals surface area contributed by atoms with Crippen molar-refractivity contribution in [3.63, 3.8) is 0 Å². The number of carbonyl (C=O) groups is 2. The second kappa shape index (κ2) is 9.77. The highest BCUT2D eigenvalue weighted by atomic mass is 35.5. The van der Waals surface area contributed by atoms with Gasteiger partial charge in [0.2, 0.25) is 11.8 Å². The Hall–Kier alpha value is -1.81. The largest absolute Gasteiger partial charge is 0.355 e. The van der Waals surface area contributed by atoms with Gasteiger partial charge >= 0.3 is 0 Å². The molecule has 2 heterocycles. The summed E-state index contributed by atoms with van der Waals surface area (Å²) < 4.78 is 8.39. The van der Waals surface area contributed by atoms with E-state index in [-0.39, 0.29) is 36.7 Å². The van der Waals surface area contributed by atoms with Crippen molar-refractivity contribution in [1.29, 1.82) is 0 Å². The quantitative estimate of drug-likeness (QED) is 0.685. The number of hydrogen-bond acceptors (Lipinski definition) is 6. The molecule has 8 nitrogen and oxygen atoms in total. The minimum atomic E-state index is -0.108. The molecule has 1 atom stereocenters. The number of fused-ring (bicyclic) bond motifs is 1. The van der Waals surface area contributed by atoms with Gasteiger partial charge in [-0.3, -0.25) is 14.5 Å². The topological polar surface area (TPSA) is 112 Å². The standard InChI is InChI=1S/C16H22N6O2S.ClH/c17-6-7-18-16(24)11-3-2-8-22(9-11)10-14(23)19-12-4-1-5-13-15(12)21-25-20-13;/h1,4-5,11H,2-3,6-10,17H2,(H,18,24)(H,19,23);1H. The van der Waals surface area contributed by atoms with Crippen LogP contribution in [0, 0.1) is 5.92 Å². The minimum absolute atomic E-state index is 0. The summed E-state index contributed by atoms with van der Waals surface area (Å²) in [5.74, 6) is -0.170. The van der Waals surface area contributed by atoms with E-state index in [0.29, 0.717) is 31.0 Å². The van der Waals surface area contributed by atoms with Gasteiger partial charge in [-0.05, 0) is 31.5 Å². The van der Waals surface area contributed by atoms with Crippen LogP contribution in [-0.2, 0) is 20.9 Å². The molecular weight excluding hydrogens is 376 g/mol. The fraction of sp³-hybridized carbons (Fsp3) is 0.500. The maximum Gasteiger partial charge on any atom is 0.238 e. The number of benzene rings is 1. The van der Waals surface area contributed by atoms with Gasteiger partial charge in [0.1, 0.15) is 11.4 Å². The van der Waals surface area contributed by atoms with E-state index < -0.39 is 0 Å². The maximum absolute atomic E-state index is 12.4. The second-order valence-electron chi connectivity index (χ2n) is 6.14. The molecule has 1 aromatic rings. The molecule has 10 heteroatoms. The fourth-order valence-electron chi connectivity index (χ4n) is 3.05. The first-order valence-electron chi connectivity index (χ1n) is 8.38. The van der Waals surface area contributed by atoms with Crippen LogP contribution < -0.4 is 16.4 Å². The number of carbonyl (C=O) groups excluding carboxylic acids is 2. The van der Waals surface area contributed by atoms with E-state index in [1.54, 1.807) is 0 Å². The SMILES string of the molecule is Cl.NCCNC(=O)C1CCCN(CC(=O)Nc2cccc3c2N=S=N3)C1. The van der Waals surface area contributed by atoms with Gasteiger partial charge in [0.15, 0.2) is 0 Å². The highest BCUT2D eigenvalue weighted by Crippen LogP contribution is 2.38. The van der Waals surface area contributed by atoms with Crippen molar-refractivity contribution in [2.75, 3.05) is 38.0 Å². The molecule has 142 valence electrons. The van der Waals surface area contributed by atoms with Gasteiger partial charge in [0, 0.05) is 19.6 Å². The van der Waals surface area contributed by atoms with Crippen LogP contribution in [0.25, 0.3) is 0 Å².